The normalized spacial score (nSPS) is 22.9. The number of pyridine rings is 1. The van der Waals surface area contributed by atoms with E-state index in [4.69, 9.17) is 4.84 Å². The first-order chi connectivity index (χ1) is 19.2. The molecule has 0 bridgehead atoms. The van der Waals surface area contributed by atoms with Gasteiger partial charge in [-0.05, 0) is 49.1 Å². The van der Waals surface area contributed by atoms with Gasteiger partial charge in [-0.3, -0.25) is 19.4 Å². The molecule has 1 aliphatic heterocycles. The zero-order valence-corrected chi connectivity index (χ0v) is 23.4. The molecular formula is C30H34N4O5S. The molecule has 40 heavy (non-hydrogen) atoms. The summed E-state index contributed by atoms with van der Waals surface area (Å²) in [5, 5.41) is 0. The molecule has 0 unspecified atom stereocenters. The van der Waals surface area contributed by atoms with Crippen LogP contribution in [0.1, 0.15) is 70.4 Å². The highest BCUT2D eigenvalue weighted by Gasteiger charge is 2.48. The van der Waals surface area contributed by atoms with Gasteiger partial charge in [0.25, 0.3) is 11.8 Å². The number of amides is 2. The minimum absolute atomic E-state index is 0.0851. The van der Waals surface area contributed by atoms with Crippen molar-refractivity contribution >= 4 is 21.8 Å². The summed E-state index contributed by atoms with van der Waals surface area (Å²) in [7, 11) is -3.52. The van der Waals surface area contributed by atoms with Crippen molar-refractivity contribution < 1.29 is 22.8 Å². The number of nitrogens with zero attached hydrogens (tertiary/aromatic N) is 2. The summed E-state index contributed by atoms with van der Waals surface area (Å²) in [6.45, 7) is 2.06. The smallest absolute Gasteiger partial charge is 0.255 e. The number of aryl methyl sites for hydroxylation is 1. The Balaban J connectivity index is 1.57. The maximum Gasteiger partial charge on any atom is 0.255 e. The van der Waals surface area contributed by atoms with Crippen LogP contribution in [0.15, 0.2) is 72.9 Å². The van der Waals surface area contributed by atoms with Gasteiger partial charge in [0.2, 0.25) is 10.0 Å². The summed E-state index contributed by atoms with van der Waals surface area (Å²) in [6, 6.07) is 18.8. The van der Waals surface area contributed by atoms with Gasteiger partial charge in [0.05, 0.1) is 23.9 Å². The number of fused-ring (bicyclic) bond motifs is 1. The molecule has 3 aromatic rings. The van der Waals surface area contributed by atoms with Crippen molar-refractivity contribution in [1.29, 1.82) is 0 Å². The molecule has 5 rings (SSSR count). The van der Waals surface area contributed by atoms with E-state index >= 15 is 0 Å². The van der Waals surface area contributed by atoms with Crippen LogP contribution >= 0.6 is 0 Å². The summed E-state index contributed by atoms with van der Waals surface area (Å²) < 4.78 is 27.4. The molecule has 0 spiro atoms. The second-order valence-corrected chi connectivity index (χ2v) is 12.3. The van der Waals surface area contributed by atoms with Gasteiger partial charge in [0.15, 0.2) is 0 Å². The van der Waals surface area contributed by atoms with E-state index in [0.717, 1.165) is 30.2 Å². The van der Waals surface area contributed by atoms with Crippen LogP contribution in [0, 0.1) is 6.92 Å². The number of benzene rings is 2. The summed E-state index contributed by atoms with van der Waals surface area (Å²) in [6.07, 6.45) is 5.71. The monoisotopic (exact) mass is 562 g/mol. The Morgan fingerprint density at radius 2 is 1.75 bits per heavy atom. The lowest BCUT2D eigenvalue weighted by molar-refractivity contribution is -0.138. The van der Waals surface area contributed by atoms with Crippen LogP contribution in [0.25, 0.3) is 0 Å². The van der Waals surface area contributed by atoms with Crippen LogP contribution in [0.3, 0.4) is 0 Å². The van der Waals surface area contributed by atoms with E-state index in [2.05, 4.69) is 15.2 Å². The molecule has 1 aromatic heterocycles. The van der Waals surface area contributed by atoms with E-state index in [1.807, 2.05) is 49.4 Å². The van der Waals surface area contributed by atoms with E-state index in [9.17, 15) is 18.0 Å². The minimum Gasteiger partial charge on any atom is -0.326 e. The largest absolute Gasteiger partial charge is 0.326 e. The van der Waals surface area contributed by atoms with E-state index in [1.165, 1.54) is 0 Å². The highest BCUT2D eigenvalue weighted by atomic mass is 32.2. The van der Waals surface area contributed by atoms with Crippen LogP contribution in [-0.4, -0.2) is 48.5 Å². The summed E-state index contributed by atoms with van der Waals surface area (Å²) in [5.41, 5.74) is 6.15. The standard InChI is InChI=1S/C30H34N4O5S/c1-20-14-16-21(17-15-20)28-27(29(35)32-39-19-22-9-7-8-18-31-22)23-10-3-4-11-24(23)30(36)34(28)26-13-6-5-12-25(26)33-40(2,37)38/h3-4,7-11,14-18,25-28,33H,5-6,12-13,19H2,1-2H3,(H,32,35)/t25-,26-,27-,28+/m1/s1. The number of carbonyl (C=O) groups is 2. The third-order valence-electron chi connectivity index (χ3n) is 7.65. The molecule has 2 aliphatic rings. The Morgan fingerprint density at radius 3 is 2.48 bits per heavy atom. The molecule has 0 radical (unpaired) electrons. The Bertz CT molecular complexity index is 1460. The van der Waals surface area contributed by atoms with E-state index in [-0.39, 0.29) is 12.5 Å². The van der Waals surface area contributed by atoms with Crippen LogP contribution in [0.2, 0.25) is 0 Å². The van der Waals surface area contributed by atoms with Gasteiger partial charge in [-0.2, -0.15) is 0 Å². The third kappa shape index (κ3) is 6.09. The van der Waals surface area contributed by atoms with Crippen LogP contribution in [0.5, 0.6) is 0 Å². The Hall–Kier alpha value is -3.60. The maximum absolute atomic E-state index is 14.2. The first kappa shape index (κ1) is 27.9. The summed E-state index contributed by atoms with van der Waals surface area (Å²) in [5.74, 6) is -1.40. The number of hydrogen-bond donors (Lipinski definition) is 2. The lowest BCUT2D eigenvalue weighted by atomic mass is 9.76. The average Bonchev–Trinajstić information content (AvgIpc) is 2.94. The fraction of sp³-hybridized carbons (Fsp3) is 0.367. The fourth-order valence-electron chi connectivity index (χ4n) is 5.90. The van der Waals surface area contributed by atoms with Crippen molar-refractivity contribution in [3.8, 4) is 0 Å². The zero-order chi connectivity index (χ0) is 28.3. The predicted octanol–water partition coefficient (Wildman–Crippen LogP) is 3.78. The number of nitrogens with one attached hydrogen (secondary N) is 2. The molecule has 1 aliphatic carbocycles. The van der Waals surface area contributed by atoms with E-state index in [0.29, 0.717) is 29.7 Å². The molecule has 2 N–H and O–H groups in total. The van der Waals surface area contributed by atoms with Crippen LogP contribution in [-0.2, 0) is 26.3 Å². The SMILES string of the molecule is Cc1ccc([C@H]2[C@H](C(=O)NOCc3ccccn3)c3ccccc3C(=O)N2[C@@H]2CCCC[C@H]2NS(C)(=O)=O)cc1. The number of hydroxylamine groups is 1. The van der Waals surface area contributed by atoms with Gasteiger partial charge in [-0.15, -0.1) is 0 Å². The topological polar surface area (TPSA) is 118 Å². The molecule has 210 valence electrons. The van der Waals surface area contributed by atoms with Crippen molar-refractivity contribution in [2.75, 3.05) is 6.26 Å². The molecule has 2 amide bonds. The number of carbonyl (C=O) groups excluding carboxylic acids is 2. The lowest BCUT2D eigenvalue weighted by Crippen LogP contribution is -2.59. The first-order valence-corrected chi connectivity index (χ1v) is 15.4. The quantitative estimate of drug-likeness (QED) is 0.404. The van der Waals surface area contributed by atoms with Crippen molar-refractivity contribution in [2.45, 2.75) is 63.3 Å². The molecule has 2 heterocycles. The van der Waals surface area contributed by atoms with Crippen molar-refractivity contribution in [3.05, 3.63) is 101 Å². The number of sulfonamides is 1. The van der Waals surface area contributed by atoms with E-state index < -0.39 is 40.0 Å². The molecule has 1 saturated carbocycles. The van der Waals surface area contributed by atoms with Gasteiger partial charge in [0.1, 0.15) is 6.61 Å². The second-order valence-electron chi connectivity index (χ2n) is 10.6. The third-order valence-corrected chi connectivity index (χ3v) is 8.38. The minimum atomic E-state index is -3.52. The highest BCUT2D eigenvalue weighted by molar-refractivity contribution is 7.88. The molecule has 10 heteroatoms. The Morgan fingerprint density at radius 1 is 1.02 bits per heavy atom. The van der Waals surface area contributed by atoms with Crippen LogP contribution in [0.4, 0.5) is 0 Å². The van der Waals surface area contributed by atoms with E-state index in [1.54, 1.807) is 35.4 Å². The fourth-order valence-corrected chi connectivity index (χ4v) is 6.73. The van der Waals surface area contributed by atoms with Gasteiger partial charge in [0, 0.05) is 23.8 Å². The molecule has 9 nitrogen and oxygen atoms in total. The van der Waals surface area contributed by atoms with Crippen molar-refractivity contribution in [2.24, 2.45) is 0 Å². The molecular weight excluding hydrogens is 528 g/mol. The first-order valence-electron chi connectivity index (χ1n) is 13.5. The zero-order valence-electron chi connectivity index (χ0n) is 22.6. The van der Waals surface area contributed by atoms with Gasteiger partial charge < -0.3 is 4.90 Å². The number of hydrogen-bond acceptors (Lipinski definition) is 6. The molecule has 2 aromatic carbocycles. The number of rotatable bonds is 8. The predicted molar refractivity (Wildman–Crippen MR) is 150 cm³/mol. The average molecular weight is 563 g/mol. The Kier molecular flexibility index (Phi) is 8.30. The highest BCUT2D eigenvalue weighted by Crippen LogP contribution is 2.46. The van der Waals surface area contributed by atoms with Crippen molar-refractivity contribution in [1.82, 2.24) is 20.1 Å². The molecule has 1 fully saturated rings. The molecule has 4 atom stereocenters. The maximum atomic E-state index is 14.2. The van der Waals surface area contributed by atoms with Gasteiger partial charge in [-0.1, -0.05) is 66.9 Å². The van der Waals surface area contributed by atoms with Crippen LogP contribution < -0.4 is 10.2 Å². The number of aromatic nitrogens is 1. The van der Waals surface area contributed by atoms with Crippen molar-refractivity contribution in [3.63, 3.8) is 0 Å². The summed E-state index contributed by atoms with van der Waals surface area (Å²) in [4.78, 5) is 39.7. The molecule has 0 saturated heterocycles. The lowest BCUT2D eigenvalue weighted by Gasteiger charge is -2.49. The Labute approximate surface area is 235 Å². The summed E-state index contributed by atoms with van der Waals surface area (Å²) >= 11 is 0. The van der Waals surface area contributed by atoms with Gasteiger partial charge >= 0.3 is 0 Å². The van der Waals surface area contributed by atoms with Gasteiger partial charge in [-0.25, -0.2) is 18.6 Å². The second kappa shape index (κ2) is 11.9.